The average Bonchev–Trinajstić information content (AvgIpc) is 3.99. The van der Waals surface area contributed by atoms with Crippen molar-refractivity contribution in [3.05, 3.63) is 231 Å². The van der Waals surface area contributed by atoms with E-state index in [4.69, 9.17) is 0 Å². The van der Waals surface area contributed by atoms with Crippen molar-refractivity contribution in [1.82, 2.24) is 8.97 Å². The molecule has 0 aliphatic carbocycles. The van der Waals surface area contributed by atoms with Crippen LogP contribution in [0.25, 0.3) is 132 Å². The Kier molecular flexibility index (Phi) is 7.43. The van der Waals surface area contributed by atoms with Gasteiger partial charge < -0.3 is 8.97 Å². The second kappa shape index (κ2) is 13.5. The van der Waals surface area contributed by atoms with E-state index < -0.39 is 0 Å². The third-order valence-electron chi connectivity index (χ3n) is 13.8. The van der Waals surface area contributed by atoms with Crippen LogP contribution in [-0.4, -0.2) is 8.97 Å². The lowest BCUT2D eigenvalue weighted by molar-refractivity contribution is 1.18. The Bertz CT molecular complexity index is 4120. The molecule has 64 heavy (non-hydrogen) atoms. The van der Waals surface area contributed by atoms with Gasteiger partial charge >= 0.3 is 0 Å². The van der Waals surface area contributed by atoms with Crippen LogP contribution in [-0.2, 0) is 0 Å². The molecule has 2 nitrogen and oxygen atoms in total. The van der Waals surface area contributed by atoms with Crippen LogP contribution < -0.4 is 0 Å². The molecule has 296 valence electrons. The highest BCUT2D eigenvalue weighted by molar-refractivity contribution is 6.37. The summed E-state index contributed by atoms with van der Waals surface area (Å²) in [7, 11) is 0. The van der Waals surface area contributed by atoms with E-state index in [1.807, 2.05) is 0 Å². The van der Waals surface area contributed by atoms with E-state index in [0.29, 0.717) is 0 Å². The predicted molar refractivity (Wildman–Crippen MR) is 272 cm³/mol. The highest BCUT2D eigenvalue weighted by Gasteiger charge is 2.25. The highest BCUT2D eigenvalue weighted by Crippen LogP contribution is 2.48. The van der Waals surface area contributed by atoms with E-state index >= 15 is 0 Å². The van der Waals surface area contributed by atoms with Gasteiger partial charge in [0.1, 0.15) is 0 Å². The van der Waals surface area contributed by atoms with E-state index in [1.165, 1.54) is 132 Å². The van der Waals surface area contributed by atoms with Gasteiger partial charge in [0.2, 0.25) is 0 Å². The molecule has 0 aliphatic heterocycles. The van der Waals surface area contributed by atoms with Gasteiger partial charge in [-0.05, 0) is 127 Å². The van der Waals surface area contributed by atoms with E-state index in [2.05, 4.69) is 239 Å². The fraction of sp³-hybridized carbons (Fsp3) is 0. The summed E-state index contributed by atoms with van der Waals surface area (Å²) in [4.78, 5) is 0. The first-order valence-electron chi connectivity index (χ1n) is 22.2. The standard InChI is InChI=1S/C62H38N2/c1-4-12-39(13-5-1)41-20-24-43(25-21-41)45-28-30-47-34-53-54-38-59-60(52-18-10-11-19-56(52)63(59)51-16-8-3-9-17-51)61-55-35-48-31-29-46(44-26-22-42(23-27-44)40-14-6-2-7-15-40)33-50(48)37-58(55)64(62(54)61)57(53)36-49(47)32-45/h1-38H. The molecular formula is C62H38N2. The van der Waals surface area contributed by atoms with E-state index in [9.17, 15) is 0 Å². The molecular weight excluding hydrogens is 773 g/mol. The Balaban J connectivity index is 1.03. The van der Waals surface area contributed by atoms with Crippen LogP contribution in [0.1, 0.15) is 0 Å². The Morgan fingerprint density at radius 2 is 0.688 bits per heavy atom. The third-order valence-corrected chi connectivity index (χ3v) is 13.8. The average molecular weight is 811 g/mol. The largest absolute Gasteiger partial charge is 0.309 e. The molecule has 0 atom stereocenters. The van der Waals surface area contributed by atoms with Crippen molar-refractivity contribution in [1.29, 1.82) is 0 Å². The van der Waals surface area contributed by atoms with Crippen LogP contribution in [0.5, 0.6) is 0 Å². The molecule has 0 radical (unpaired) electrons. The van der Waals surface area contributed by atoms with E-state index in [0.717, 1.165) is 0 Å². The normalized spacial score (nSPS) is 12.1. The number of rotatable bonds is 5. The zero-order valence-corrected chi connectivity index (χ0v) is 34.8. The lowest BCUT2D eigenvalue weighted by Gasteiger charge is -2.09. The molecule has 3 heterocycles. The first kappa shape index (κ1) is 35.2. The Morgan fingerprint density at radius 3 is 1.27 bits per heavy atom. The number of hydrogen-bond acceptors (Lipinski definition) is 0. The molecule has 2 heteroatoms. The minimum absolute atomic E-state index is 1.17. The Morgan fingerprint density at radius 1 is 0.234 bits per heavy atom. The van der Waals surface area contributed by atoms with Crippen LogP contribution in [0.2, 0.25) is 0 Å². The summed E-state index contributed by atoms with van der Waals surface area (Å²) in [6.45, 7) is 0. The lowest BCUT2D eigenvalue weighted by atomic mass is 9.96. The molecule has 0 fully saturated rings. The number of hydrogen-bond donors (Lipinski definition) is 0. The van der Waals surface area contributed by atoms with Crippen molar-refractivity contribution >= 4 is 81.4 Å². The van der Waals surface area contributed by atoms with Crippen molar-refractivity contribution < 1.29 is 0 Å². The Labute approximate surface area is 369 Å². The smallest absolute Gasteiger partial charge is 0.0628 e. The van der Waals surface area contributed by atoms with Crippen molar-refractivity contribution in [2.24, 2.45) is 0 Å². The molecule has 0 amide bonds. The van der Waals surface area contributed by atoms with Gasteiger partial charge in [-0.3, -0.25) is 0 Å². The molecule has 14 rings (SSSR count). The minimum Gasteiger partial charge on any atom is -0.309 e. The fourth-order valence-electron chi connectivity index (χ4n) is 10.7. The summed E-state index contributed by atoms with van der Waals surface area (Å²) in [5.74, 6) is 0. The highest BCUT2D eigenvalue weighted by atomic mass is 15.0. The number of benzene rings is 11. The molecule has 0 unspecified atom stereocenters. The summed E-state index contributed by atoms with van der Waals surface area (Å²) in [5.41, 5.74) is 17.1. The van der Waals surface area contributed by atoms with Gasteiger partial charge in [-0.2, -0.15) is 0 Å². The maximum Gasteiger partial charge on any atom is 0.0628 e. The molecule has 0 spiro atoms. The maximum absolute atomic E-state index is 2.57. The van der Waals surface area contributed by atoms with Gasteiger partial charge in [-0.1, -0.05) is 170 Å². The van der Waals surface area contributed by atoms with Gasteiger partial charge in [0.15, 0.2) is 0 Å². The lowest BCUT2D eigenvalue weighted by Crippen LogP contribution is -1.92. The summed E-state index contributed by atoms with van der Waals surface area (Å²) in [6, 6.07) is 85.2. The van der Waals surface area contributed by atoms with Gasteiger partial charge in [0.05, 0.1) is 27.6 Å². The molecule has 3 aromatic heterocycles. The second-order valence-corrected chi connectivity index (χ2v) is 17.3. The van der Waals surface area contributed by atoms with Crippen LogP contribution in [0.15, 0.2) is 231 Å². The molecule has 0 saturated heterocycles. The zero-order chi connectivity index (χ0) is 41.9. The van der Waals surface area contributed by atoms with Crippen molar-refractivity contribution in [3.8, 4) is 50.2 Å². The van der Waals surface area contributed by atoms with Crippen molar-refractivity contribution in [2.75, 3.05) is 0 Å². The van der Waals surface area contributed by atoms with Crippen molar-refractivity contribution in [3.63, 3.8) is 0 Å². The predicted octanol–water partition coefficient (Wildman–Crippen LogP) is 16.9. The van der Waals surface area contributed by atoms with E-state index in [1.54, 1.807) is 0 Å². The van der Waals surface area contributed by atoms with Crippen LogP contribution in [0.3, 0.4) is 0 Å². The summed E-state index contributed by atoms with van der Waals surface area (Å²) in [6.07, 6.45) is 0. The molecule has 0 N–H and O–H groups in total. The molecule has 0 bridgehead atoms. The van der Waals surface area contributed by atoms with Gasteiger partial charge in [0, 0.05) is 38.0 Å². The monoisotopic (exact) mass is 810 g/mol. The maximum atomic E-state index is 2.57. The first-order valence-corrected chi connectivity index (χ1v) is 22.2. The Hall–Kier alpha value is -8.46. The first-order chi connectivity index (χ1) is 31.7. The summed E-state index contributed by atoms with van der Waals surface area (Å²) < 4.78 is 5.04. The molecule has 0 saturated carbocycles. The molecule has 11 aromatic carbocycles. The van der Waals surface area contributed by atoms with E-state index in [-0.39, 0.29) is 0 Å². The number of nitrogens with zero attached hydrogens (tertiary/aromatic N) is 2. The van der Waals surface area contributed by atoms with Crippen LogP contribution in [0.4, 0.5) is 0 Å². The van der Waals surface area contributed by atoms with Gasteiger partial charge in [-0.15, -0.1) is 0 Å². The van der Waals surface area contributed by atoms with Crippen LogP contribution >= 0.6 is 0 Å². The quantitative estimate of drug-likeness (QED) is 0.164. The summed E-state index contributed by atoms with van der Waals surface area (Å²) >= 11 is 0. The second-order valence-electron chi connectivity index (χ2n) is 17.3. The summed E-state index contributed by atoms with van der Waals surface area (Å²) in [5, 5.41) is 12.7. The SMILES string of the molecule is c1ccc(-c2ccc(-c3ccc4cc5c6cc7c(c8ccccc8n7-c7ccccc7)c7c8cc9ccc(-c%10ccc(-c%11ccccc%11)cc%10)cc9cc8n(c5cc4c3)c67)cc2)cc1. The fourth-order valence-corrected chi connectivity index (χ4v) is 10.7. The number of fused-ring (bicyclic) bond motifs is 12. The van der Waals surface area contributed by atoms with Gasteiger partial charge in [-0.25, -0.2) is 0 Å². The zero-order valence-electron chi connectivity index (χ0n) is 34.8. The van der Waals surface area contributed by atoms with Gasteiger partial charge in [0.25, 0.3) is 0 Å². The topological polar surface area (TPSA) is 9.34 Å². The van der Waals surface area contributed by atoms with Crippen molar-refractivity contribution in [2.45, 2.75) is 0 Å². The number of para-hydroxylation sites is 2. The number of aromatic nitrogens is 2. The molecule has 14 aromatic rings. The molecule has 0 aliphatic rings. The van der Waals surface area contributed by atoms with Crippen LogP contribution in [0, 0.1) is 0 Å². The third kappa shape index (κ3) is 5.20. The minimum atomic E-state index is 1.17.